The number of aromatic nitrogens is 4. The monoisotopic (exact) mass is 1860 g/mol. The van der Waals surface area contributed by atoms with Gasteiger partial charge in [-0.25, -0.2) is 58.3 Å². The first kappa shape index (κ1) is 105. The third-order valence-electron chi connectivity index (χ3n) is 17.0. The first-order valence-corrected chi connectivity index (χ1v) is 41.4. The summed E-state index contributed by atoms with van der Waals surface area (Å²) >= 11 is 0. The van der Waals surface area contributed by atoms with E-state index in [1.165, 1.54) is 36.4 Å². The minimum absolute atomic E-state index is 0. The van der Waals surface area contributed by atoms with Crippen LogP contribution in [-0.4, -0.2) is 131 Å². The maximum absolute atomic E-state index is 12.8. The molecule has 8 aromatic carbocycles. The lowest BCUT2D eigenvalue weighted by Crippen LogP contribution is -2.32. The number of carboxylic acids is 3. The number of pyridine rings is 4. The SMILES string of the molecule is CC(C)(C)OC(=O)NCc1ccnc(Oc2cccc(C(=O)Nc3cccc(C(=O)O)c3)c2)c1.CC(C)(C)OC(=O)NCc1ccnc(Oc2cccc(C(=O)O)c2)c1.CCOC(=O)c1cccc(N)c1.CCOC(=O)c1cccc(NC(=O)c2cccc(Oc3cc(CNC(=O)OC(C)(C)C)ccn3)c2)c1.Cl.NCc1ccnc(Oc2cccc(C(=O)Nc3cccc(C(=O)O)c3)c2)c1. The average Bonchev–Trinajstić information content (AvgIpc) is 0.873. The van der Waals surface area contributed by atoms with Gasteiger partial charge in [0.2, 0.25) is 23.5 Å². The zero-order valence-corrected chi connectivity index (χ0v) is 76.3. The maximum Gasteiger partial charge on any atom is 0.407 e. The molecule has 6 amide bonds. The van der Waals surface area contributed by atoms with Crippen LogP contribution in [-0.2, 0) is 49.9 Å². The van der Waals surface area contributed by atoms with Crippen LogP contribution in [0.5, 0.6) is 46.5 Å². The van der Waals surface area contributed by atoms with Crippen LogP contribution in [0.1, 0.15) is 181 Å². The van der Waals surface area contributed by atoms with Gasteiger partial charge in [-0.3, -0.25) is 14.4 Å². The minimum atomic E-state index is -1.08. The van der Waals surface area contributed by atoms with Gasteiger partial charge in [0, 0.05) is 115 Å². The van der Waals surface area contributed by atoms with E-state index >= 15 is 0 Å². The molecular weight excluding hydrogens is 1760 g/mol. The number of esters is 2. The van der Waals surface area contributed by atoms with Gasteiger partial charge in [-0.2, -0.15) is 0 Å². The molecule has 0 fully saturated rings. The van der Waals surface area contributed by atoms with Gasteiger partial charge < -0.3 is 101 Å². The highest BCUT2D eigenvalue weighted by Crippen LogP contribution is 2.29. The van der Waals surface area contributed by atoms with E-state index in [1.807, 2.05) is 0 Å². The Kier molecular flexibility index (Phi) is 40.2. The number of carbonyl (C=O) groups is 11. The number of nitrogens with one attached hydrogen (secondary N) is 6. The second-order valence-electron chi connectivity index (χ2n) is 31.4. The van der Waals surface area contributed by atoms with Crippen molar-refractivity contribution in [3.8, 4) is 46.5 Å². The fourth-order valence-electron chi connectivity index (χ4n) is 11.1. The van der Waals surface area contributed by atoms with Crippen molar-refractivity contribution in [3.05, 3.63) is 334 Å². The number of alkyl carbamates (subject to hydrolysis) is 3. The number of nitrogens with two attached hydrogens (primary N) is 2. The fraction of sp³-hybridized carbons (Fsp3) is 0.202. The summed E-state index contributed by atoms with van der Waals surface area (Å²) in [5.41, 5.74) is 16.5. The molecule has 0 saturated heterocycles. The molecule has 0 aliphatic rings. The van der Waals surface area contributed by atoms with Crippen molar-refractivity contribution in [2.75, 3.05) is 34.9 Å². The van der Waals surface area contributed by atoms with Gasteiger partial charge in [0.15, 0.2) is 0 Å². The number of hydrogen-bond acceptors (Lipinski definition) is 26. The molecule has 0 bridgehead atoms. The van der Waals surface area contributed by atoms with Crippen molar-refractivity contribution in [2.24, 2.45) is 5.73 Å². The summed E-state index contributed by atoms with van der Waals surface area (Å²) < 4.78 is 48.3. The lowest BCUT2D eigenvalue weighted by molar-refractivity contribution is 0.0512. The van der Waals surface area contributed by atoms with E-state index in [4.69, 9.17) is 69.4 Å². The van der Waals surface area contributed by atoms with Gasteiger partial charge in [-0.1, -0.05) is 48.5 Å². The molecule has 0 saturated carbocycles. The summed E-state index contributed by atoms with van der Waals surface area (Å²) in [7, 11) is 0. The van der Waals surface area contributed by atoms with Gasteiger partial charge in [-0.15, -0.1) is 12.4 Å². The quantitative estimate of drug-likeness (QED) is 0.0123. The number of benzene rings is 8. The summed E-state index contributed by atoms with van der Waals surface area (Å²) in [6, 6.07) is 64.8. The zero-order valence-electron chi connectivity index (χ0n) is 75.5. The molecule has 4 heterocycles. The van der Waals surface area contributed by atoms with E-state index in [1.54, 1.807) is 307 Å². The van der Waals surface area contributed by atoms with E-state index in [2.05, 4.69) is 51.8 Å². The Balaban J connectivity index is 0.000000237. The number of aromatic carboxylic acids is 3. The molecule has 35 nitrogen and oxygen atoms in total. The van der Waals surface area contributed by atoms with Crippen LogP contribution in [0.25, 0.3) is 0 Å². The Morgan fingerprint density at radius 1 is 0.319 bits per heavy atom. The highest BCUT2D eigenvalue weighted by atomic mass is 35.5. The number of nitrogens with zero attached hydrogens (tertiary/aromatic N) is 4. The van der Waals surface area contributed by atoms with Crippen molar-refractivity contribution in [1.29, 1.82) is 0 Å². The summed E-state index contributed by atoms with van der Waals surface area (Å²) in [6.45, 7) is 21.3. The van der Waals surface area contributed by atoms with Crippen LogP contribution in [0, 0.1) is 0 Å². The highest BCUT2D eigenvalue weighted by molar-refractivity contribution is 6.07. The average molecular weight is 1860 g/mol. The van der Waals surface area contributed by atoms with Crippen LogP contribution >= 0.6 is 12.4 Å². The second-order valence-corrected chi connectivity index (χ2v) is 31.4. The number of nitrogen functional groups attached to an aromatic ring is 1. The first-order chi connectivity index (χ1) is 63.7. The van der Waals surface area contributed by atoms with Crippen LogP contribution in [0.15, 0.2) is 267 Å². The third kappa shape index (κ3) is 38.4. The van der Waals surface area contributed by atoms with Crippen LogP contribution < -0.4 is 62.3 Å². The number of anilines is 4. The van der Waals surface area contributed by atoms with Gasteiger partial charge in [0.25, 0.3) is 17.7 Å². The molecule has 36 heteroatoms. The van der Waals surface area contributed by atoms with E-state index in [-0.39, 0.29) is 79.0 Å². The van der Waals surface area contributed by atoms with Crippen molar-refractivity contribution in [1.82, 2.24) is 35.9 Å². The standard InChI is InChI=1S/C27H29N3O6.C25H25N3O6.C20H17N3O4.C18H20N2O5.C9H11NO2.ClH/c1-5-34-25(32)20-9-6-10-21(15-20)30-24(31)19-8-7-11-22(16-19)35-23-14-18(12-13-28-23)17-29-26(33)36-27(2,3)4;1-25(2,3)34-24(32)27-15-16-10-11-26-21(12-16)33-20-9-5-6-17(14-20)22(29)28-19-8-4-7-18(13-19)23(30)31;21-12-13-7-8-22-18(9-13)27-17-6-2-3-14(11-17)19(24)23-16-5-1-4-15(10-16)20(25)26;1-18(2,3)25-17(23)20-11-12-7-8-19-15(9-12)24-14-6-4-5-13(10-14)16(21)22;1-2-12-9(11)7-4-3-5-8(10)6-7;/h6-16H,5,17H2,1-4H3,(H,29,33)(H,30,31);4-14H,15H2,1-3H3,(H,27,32)(H,28,29)(H,30,31);1-11H,12,21H2,(H,23,24)(H,25,26);4-10H,11H2,1-3H3,(H,20,23)(H,21,22);3-6H,2,10H2,1H3;1H. The molecular formula is C99H103ClN12O23. The number of carboxylic acid groups (broad SMARTS) is 3. The van der Waals surface area contributed by atoms with E-state index in [0.717, 1.165) is 22.3 Å². The van der Waals surface area contributed by atoms with Crippen molar-refractivity contribution < 1.29 is 111 Å². The lowest BCUT2D eigenvalue weighted by Gasteiger charge is -2.19. The smallest absolute Gasteiger partial charge is 0.407 e. The number of rotatable bonds is 28. The second kappa shape index (κ2) is 51.5. The normalized spacial score (nSPS) is 10.5. The Hall–Kier alpha value is -16.8. The minimum Gasteiger partial charge on any atom is -0.478 e. The molecule has 0 aliphatic carbocycles. The molecule has 0 atom stereocenters. The Labute approximate surface area is 784 Å². The van der Waals surface area contributed by atoms with Gasteiger partial charge in [0.1, 0.15) is 39.8 Å². The summed E-state index contributed by atoms with van der Waals surface area (Å²) in [5.74, 6) is -2.26. The van der Waals surface area contributed by atoms with Crippen molar-refractivity contribution >= 4 is 101 Å². The largest absolute Gasteiger partial charge is 0.478 e. The molecule has 4 aromatic heterocycles. The summed E-state index contributed by atoms with van der Waals surface area (Å²) in [6.07, 6.45) is 4.70. The van der Waals surface area contributed by atoms with Gasteiger partial charge in [-0.05, 0) is 268 Å². The van der Waals surface area contributed by atoms with Crippen LogP contribution in [0.4, 0.5) is 37.1 Å². The van der Waals surface area contributed by atoms with E-state index < -0.39 is 64.9 Å². The number of carbonyl (C=O) groups excluding carboxylic acids is 8. The molecule has 704 valence electrons. The molecule has 0 radical (unpaired) electrons. The lowest BCUT2D eigenvalue weighted by atomic mass is 10.1. The predicted octanol–water partition coefficient (Wildman–Crippen LogP) is 18.9. The van der Waals surface area contributed by atoms with E-state index in [0.29, 0.717) is 104 Å². The fourth-order valence-corrected chi connectivity index (χ4v) is 11.1. The van der Waals surface area contributed by atoms with Crippen molar-refractivity contribution in [2.45, 2.75) is 119 Å². The van der Waals surface area contributed by atoms with E-state index in [9.17, 15) is 52.7 Å². The number of amides is 6. The predicted molar refractivity (Wildman–Crippen MR) is 504 cm³/mol. The molecule has 12 aromatic rings. The van der Waals surface area contributed by atoms with Gasteiger partial charge >= 0.3 is 48.1 Å². The first-order valence-electron chi connectivity index (χ1n) is 41.4. The third-order valence-corrected chi connectivity index (χ3v) is 17.0. The Morgan fingerprint density at radius 3 is 0.859 bits per heavy atom. The molecule has 135 heavy (non-hydrogen) atoms. The highest BCUT2D eigenvalue weighted by Gasteiger charge is 2.22. The topological polar surface area (TPSA) is 507 Å². The molecule has 0 unspecified atom stereocenters. The molecule has 13 N–H and O–H groups in total. The van der Waals surface area contributed by atoms with Crippen molar-refractivity contribution in [3.63, 3.8) is 0 Å². The Morgan fingerprint density at radius 2 is 0.570 bits per heavy atom. The number of hydrogen-bond donors (Lipinski definition) is 11. The number of halogens is 1. The Bertz CT molecular complexity index is 6120. The summed E-state index contributed by atoms with van der Waals surface area (Å²) in [5, 5.41) is 43.2. The van der Waals surface area contributed by atoms with Crippen LogP contribution in [0.2, 0.25) is 0 Å². The molecule has 0 aliphatic heterocycles. The van der Waals surface area contributed by atoms with Crippen LogP contribution in [0.3, 0.4) is 0 Å². The summed E-state index contributed by atoms with van der Waals surface area (Å²) in [4.78, 5) is 146. The number of ether oxygens (including phenoxy) is 9. The maximum atomic E-state index is 12.8. The zero-order chi connectivity index (χ0) is 97.5. The van der Waals surface area contributed by atoms with Gasteiger partial charge in [0.05, 0.1) is 41.0 Å². The molecule has 12 rings (SSSR count). The molecule has 0 spiro atoms.